The second-order valence-corrected chi connectivity index (χ2v) is 5.19. The lowest BCUT2D eigenvalue weighted by atomic mass is 9.45. The van der Waals surface area contributed by atoms with Crippen molar-refractivity contribution in [2.45, 2.75) is 12.3 Å². The third-order valence-corrected chi connectivity index (χ3v) is 3.94. The predicted octanol–water partition coefficient (Wildman–Crippen LogP) is 2.33. The van der Waals surface area contributed by atoms with Crippen molar-refractivity contribution in [2.75, 3.05) is 0 Å². The molecule has 1 aliphatic carbocycles. The van der Waals surface area contributed by atoms with Crippen LogP contribution in [0, 0.1) is 56.2 Å². The van der Waals surface area contributed by atoms with Crippen molar-refractivity contribution in [2.24, 2.45) is 10.8 Å². The minimum atomic E-state index is -1.41. The highest BCUT2D eigenvalue weighted by molar-refractivity contribution is 5.83. The molecule has 0 amide bonds. The number of esters is 1. The molecule has 0 aliphatic heterocycles. The van der Waals surface area contributed by atoms with Crippen LogP contribution in [0.4, 0.5) is 0 Å². The molecule has 110 valence electrons. The lowest BCUT2D eigenvalue weighted by Crippen LogP contribution is -2.52. The van der Waals surface area contributed by atoms with Gasteiger partial charge >= 0.3 is 5.97 Å². The highest BCUT2D eigenvalue weighted by Gasteiger charge is 2.66. The molecule has 6 nitrogen and oxygen atoms in total. The Hall–Kier alpha value is -3.61. The quantitative estimate of drug-likeness (QED) is 0.479. The molecule has 1 saturated carbocycles. The fraction of sp³-hybridized carbons (Fsp3) is 0.235. The van der Waals surface area contributed by atoms with Crippen LogP contribution in [0.1, 0.15) is 17.9 Å². The number of hydrogen-bond donors (Lipinski definition) is 0. The Balaban J connectivity index is 2.42. The van der Waals surface area contributed by atoms with Crippen LogP contribution in [0.25, 0.3) is 0 Å². The first-order valence-electron chi connectivity index (χ1n) is 6.60. The molecule has 0 atom stereocenters. The van der Waals surface area contributed by atoms with E-state index >= 15 is 0 Å². The number of hydrogen-bond acceptors (Lipinski definition) is 6. The van der Waals surface area contributed by atoms with E-state index in [2.05, 4.69) is 6.58 Å². The summed E-state index contributed by atoms with van der Waals surface area (Å²) in [5.74, 6) is -1.20. The summed E-state index contributed by atoms with van der Waals surface area (Å²) in [4.78, 5) is 11.1. The van der Waals surface area contributed by atoms with Crippen molar-refractivity contribution in [3.05, 3.63) is 42.5 Å². The van der Waals surface area contributed by atoms with Gasteiger partial charge in [-0.3, -0.25) is 0 Å². The summed E-state index contributed by atoms with van der Waals surface area (Å²) >= 11 is 0. The average Bonchev–Trinajstić information content (AvgIpc) is 2.57. The van der Waals surface area contributed by atoms with Gasteiger partial charge in [-0.15, -0.1) is 0 Å². The van der Waals surface area contributed by atoms with Gasteiger partial charge in [0.25, 0.3) is 0 Å². The fourth-order valence-corrected chi connectivity index (χ4v) is 2.85. The van der Waals surface area contributed by atoms with Crippen LogP contribution in [0.5, 0.6) is 5.75 Å². The van der Waals surface area contributed by atoms with Crippen molar-refractivity contribution in [1.82, 2.24) is 0 Å². The first kappa shape index (κ1) is 15.8. The summed E-state index contributed by atoms with van der Waals surface area (Å²) in [6.45, 7) is 3.29. The van der Waals surface area contributed by atoms with Gasteiger partial charge in [0.2, 0.25) is 0 Å². The van der Waals surface area contributed by atoms with Crippen molar-refractivity contribution >= 4 is 5.97 Å². The van der Waals surface area contributed by atoms with Crippen molar-refractivity contribution in [3.8, 4) is 30.0 Å². The molecule has 1 aromatic rings. The molecule has 0 heterocycles. The van der Waals surface area contributed by atoms with E-state index in [4.69, 9.17) is 4.74 Å². The van der Waals surface area contributed by atoms with Crippen LogP contribution in [0.3, 0.4) is 0 Å². The summed E-state index contributed by atoms with van der Waals surface area (Å²) < 4.78 is 4.94. The molecule has 1 aliphatic rings. The standard InChI is InChI=1S/C17H10N4O2/c1-2-14(22)23-13-5-3-12(4-6-13)15-16(8-18,9-19)7-17(15,10-20)11-21/h2-6,15H,1,7H2. The number of rotatable bonds is 3. The van der Waals surface area contributed by atoms with Crippen LogP contribution in [-0.4, -0.2) is 5.97 Å². The van der Waals surface area contributed by atoms with E-state index in [0.717, 1.165) is 6.08 Å². The largest absolute Gasteiger partial charge is 0.423 e. The molecule has 0 unspecified atom stereocenters. The highest BCUT2D eigenvalue weighted by atomic mass is 16.5. The van der Waals surface area contributed by atoms with Gasteiger partial charge < -0.3 is 4.74 Å². The number of benzene rings is 1. The smallest absolute Gasteiger partial charge is 0.335 e. The molecular formula is C17H10N4O2. The molecule has 0 N–H and O–H groups in total. The van der Waals surface area contributed by atoms with Crippen LogP contribution >= 0.6 is 0 Å². The van der Waals surface area contributed by atoms with E-state index < -0.39 is 22.7 Å². The Morgan fingerprint density at radius 1 is 1.09 bits per heavy atom. The van der Waals surface area contributed by atoms with Crippen molar-refractivity contribution < 1.29 is 9.53 Å². The minimum absolute atomic E-state index is 0.113. The molecule has 2 rings (SSSR count). The van der Waals surface area contributed by atoms with Gasteiger partial charge in [-0.25, -0.2) is 4.79 Å². The molecule has 23 heavy (non-hydrogen) atoms. The van der Waals surface area contributed by atoms with E-state index in [0.29, 0.717) is 5.56 Å². The zero-order valence-corrected chi connectivity index (χ0v) is 12.0. The van der Waals surface area contributed by atoms with E-state index in [1.54, 1.807) is 12.1 Å². The molecule has 1 aromatic carbocycles. The molecule has 1 fully saturated rings. The summed E-state index contributed by atoms with van der Waals surface area (Å²) in [6, 6.07) is 13.8. The lowest BCUT2D eigenvalue weighted by molar-refractivity contribution is -0.128. The number of nitriles is 4. The molecule has 0 spiro atoms. The summed E-state index contributed by atoms with van der Waals surface area (Å²) in [5, 5.41) is 37.3. The number of carbonyl (C=O) groups is 1. The SMILES string of the molecule is C=CC(=O)Oc1ccc(C2C(C#N)(C#N)CC2(C#N)C#N)cc1. The number of ether oxygens (including phenoxy) is 1. The van der Waals surface area contributed by atoms with Crippen LogP contribution in [0.2, 0.25) is 0 Å². The topological polar surface area (TPSA) is 121 Å². The summed E-state index contributed by atoms with van der Waals surface area (Å²) in [5.41, 5.74) is -2.32. The van der Waals surface area contributed by atoms with Gasteiger partial charge in [-0.1, -0.05) is 18.7 Å². The summed E-state index contributed by atoms with van der Waals surface area (Å²) in [6.07, 6.45) is 0.907. The van der Waals surface area contributed by atoms with Crippen LogP contribution in [-0.2, 0) is 4.79 Å². The Morgan fingerprint density at radius 3 is 1.96 bits per heavy atom. The number of carbonyl (C=O) groups excluding carboxylic acids is 1. The van der Waals surface area contributed by atoms with Crippen LogP contribution < -0.4 is 4.74 Å². The molecular weight excluding hydrogens is 292 g/mol. The maximum absolute atomic E-state index is 11.1. The van der Waals surface area contributed by atoms with Gasteiger partial charge in [0, 0.05) is 18.4 Å². The third-order valence-electron chi connectivity index (χ3n) is 3.94. The second-order valence-electron chi connectivity index (χ2n) is 5.19. The predicted molar refractivity (Wildman–Crippen MR) is 77.0 cm³/mol. The fourth-order valence-electron chi connectivity index (χ4n) is 2.85. The highest BCUT2D eigenvalue weighted by Crippen LogP contribution is 2.63. The van der Waals surface area contributed by atoms with Gasteiger partial charge in [0.05, 0.1) is 24.3 Å². The Kier molecular flexibility index (Phi) is 3.87. The monoisotopic (exact) mass is 302 g/mol. The first-order chi connectivity index (χ1) is 11.0. The Morgan fingerprint density at radius 2 is 1.57 bits per heavy atom. The Labute approximate surface area is 133 Å². The van der Waals surface area contributed by atoms with E-state index in [9.17, 15) is 25.8 Å². The van der Waals surface area contributed by atoms with Gasteiger partial charge in [-0.2, -0.15) is 21.0 Å². The Bertz CT molecular complexity index is 762. The van der Waals surface area contributed by atoms with E-state index in [1.807, 2.05) is 24.3 Å². The minimum Gasteiger partial charge on any atom is -0.423 e. The zero-order valence-electron chi connectivity index (χ0n) is 12.0. The van der Waals surface area contributed by atoms with Gasteiger partial charge in [-0.05, 0) is 17.7 Å². The van der Waals surface area contributed by atoms with Gasteiger partial charge in [0.1, 0.15) is 5.75 Å². The van der Waals surface area contributed by atoms with Crippen molar-refractivity contribution in [3.63, 3.8) is 0 Å². The van der Waals surface area contributed by atoms with Gasteiger partial charge in [0.15, 0.2) is 10.8 Å². The van der Waals surface area contributed by atoms with E-state index in [-0.39, 0.29) is 12.2 Å². The molecule has 6 heteroatoms. The van der Waals surface area contributed by atoms with E-state index in [1.165, 1.54) is 12.1 Å². The number of nitrogens with zero attached hydrogens (tertiary/aromatic N) is 4. The molecule has 0 saturated heterocycles. The zero-order chi connectivity index (χ0) is 17.1. The lowest BCUT2D eigenvalue weighted by Gasteiger charge is -2.48. The third kappa shape index (κ3) is 2.30. The maximum Gasteiger partial charge on any atom is 0.335 e. The maximum atomic E-state index is 11.1. The normalized spacial score (nSPS) is 17.2. The summed E-state index contributed by atoms with van der Waals surface area (Å²) in [7, 11) is 0. The molecule has 0 aromatic heterocycles. The first-order valence-corrected chi connectivity index (χ1v) is 6.60. The van der Waals surface area contributed by atoms with Crippen LogP contribution in [0.15, 0.2) is 36.9 Å². The second kappa shape index (κ2) is 5.64. The molecule has 0 radical (unpaired) electrons. The van der Waals surface area contributed by atoms with Crippen molar-refractivity contribution in [1.29, 1.82) is 21.0 Å². The average molecular weight is 302 g/mol. The molecule has 0 bridgehead atoms.